The smallest absolute Gasteiger partial charge is 0.244 e. The highest BCUT2D eigenvalue weighted by molar-refractivity contribution is 6.31. The van der Waals surface area contributed by atoms with Crippen LogP contribution in [0.5, 0.6) is 11.5 Å². The first-order valence-electron chi connectivity index (χ1n) is 10.7. The highest BCUT2D eigenvalue weighted by atomic mass is 35.5. The van der Waals surface area contributed by atoms with Gasteiger partial charge < -0.3 is 19.5 Å². The molecule has 0 bridgehead atoms. The Balaban J connectivity index is 1.45. The van der Waals surface area contributed by atoms with Gasteiger partial charge in [0.25, 0.3) is 0 Å². The van der Waals surface area contributed by atoms with Gasteiger partial charge in [-0.15, -0.1) is 0 Å². The minimum absolute atomic E-state index is 0.0163. The van der Waals surface area contributed by atoms with Crippen LogP contribution in [0.1, 0.15) is 24.1 Å². The molecule has 170 valence electrons. The number of carbonyl (C=O) groups excluding carboxylic acids is 1. The molecule has 0 aliphatic carbocycles. The number of rotatable bonds is 6. The Kier molecular flexibility index (Phi) is 7.29. The Labute approximate surface area is 191 Å². The maximum Gasteiger partial charge on any atom is 0.244 e. The van der Waals surface area contributed by atoms with E-state index in [1.165, 1.54) is 12.1 Å². The molecule has 2 aromatic rings. The lowest BCUT2D eigenvalue weighted by atomic mass is 10.0. The van der Waals surface area contributed by atoms with E-state index in [-0.39, 0.29) is 24.4 Å². The van der Waals surface area contributed by atoms with Crippen LogP contribution in [0.2, 0.25) is 5.02 Å². The maximum atomic E-state index is 14.7. The molecular formula is C24H26ClFN2O4. The average Bonchev–Trinajstić information content (AvgIpc) is 2.79. The van der Waals surface area contributed by atoms with Gasteiger partial charge in [0, 0.05) is 36.3 Å². The largest absolute Gasteiger partial charge is 0.486 e. The number of nitrogens with zero attached hydrogens (tertiary/aromatic N) is 1. The predicted octanol–water partition coefficient (Wildman–Crippen LogP) is 3.84. The molecule has 0 unspecified atom stereocenters. The van der Waals surface area contributed by atoms with E-state index >= 15 is 0 Å². The standard InChI is InChI=1S/C24H26ClFN2O4/c1-16-15-28(9-10-30-16)20(24-18(25)3-2-4-19(24)26)14-27-23(29)8-6-17-5-7-21-22(13-17)32-12-11-31-21/h2-8,13,16,20H,9-12,14-15H2,1H3,(H,27,29)/b8-6-/t16-,20-/m1/s1. The summed E-state index contributed by atoms with van der Waals surface area (Å²) < 4.78 is 31.4. The van der Waals surface area contributed by atoms with Gasteiger partial charge in [-0.3, -0.25) is 9.69 Å². The van der Waals surface area contributed by atoms with Crippen LogP contribution in [0, 0.1) is 5.82 Å². The fraction of sp³-hybridized carbons (Fsp3) is 0.375. The van der Waals surface area contributed by atoms with E-state index < -0.39 is 6.04 Å². The number of carbonyl (C=O) groups is 1. The summed E-state index contributed by atoms with van der Waals surface area (Å²) in [5, 5.41) is 3.23. The molecule has 4 rings (SSSR count). The molecule has 2 atom stereocenters. The quantitative estimate of drug-likeness (QED) is 0.664. The van der Waals surface area contributed by atoms with Crippen molar-refractivity contribution in [1.82, 2.24) is 10.2 Å². The van der Waals surface area contributed by atoms with Crippen molar-refractivity contribution in [1.29, 1.82) is 0 Å². The fourth-order valence-electron chi connectivity index (χ4n) is 3.96. The average molecular weight is 461 g/mol. The Morgan fingerprint density at radius 2 is 2.06 bits per heavy atom. The van der Waals surface area contributed by atoms with Crippen molar-refractivity contribution in [2.45, 2.75) is 19.1 Å². The van der Waals surface area contributed by atoms with Crippen molar-refractivity contribution < 1.29 is 23.4 Å². The molecule has 8 heteroatoms. The van der Waals surface area contributed by atoms with Gasteiger partial charge in [-0.05, 0) is 42.8 Å². The van der Waals surface area contributed by atoms with E-state index in [1.54, 1.807) is 18.2 Å². The van der Waals surface area contributed by atoms with Gasteiger partial charge in [0.15, 0.2) is 11.5 Å². The summed E-state index contributed by atoms with van der Waals surface area (Å²) in [6.07, 6.45) is 3.17. The lowest BCUT2D eigenvalue weighted by Gasteiger charge is -2.38. The van der Waals surface area contributed by atoms with E-state index in [2.05, 4.69) is 10.2 Å². The van der Waals surface area contributed by atoms with Crippen molar-refractivity contribution in [3.05, 3.63) is 64.4 Å². The number of halogens is 2. The summed E-state index contributed by atoms with van der Waals surface area (Å²) in [5.41, 5.74) is 1.21. The van der Waals surface area contributed by atoms with Crippen molar-refractivity contribution in [3.63, 3.8) is 0 Å². The molecule has 6 nitrogen and oxygen atoms in total. The number of hydrogen-bond acceptors (Lipinski definition) is 5. The minimum Gasteiger partial charge on any atom is -0.486 e. The Morgan fingerprint density at radius 1 is 1.25 bits per heavy atom. The van der Waals surface area contributed by atoms with Crippen LogP contribution in [0.25, 0.3) is 6.08 Å². The highest BCUT2D eigenvalue weighted by Crippen LogP contribution is 2.32. The number of hydrogen-bond donors (Lipinski definition) is 1. The second-order valence-corrected chi connectivity index (χ2v) is 8.22. The van der Waals surface area contributed by atoms with Gasteiger partial charge >= 0.3 is 0 Å². The molecule has 0 spiro atoms. The SMILES string of the molecule is C[C@@H]1CN([C@H](CNC(=O)/C=C\c2ccc3c(c2)OCCO3)c2c(F)cccc2Cl)CCO1. The zero-order valence-corrected chi connectivity index (χ0v) is 18.6. The first-order chi connectivity index (χ1) is 15.5. The lowest BCUT2D eigenvalue weighted by molar-refractivity contribution is -0.116. The molecule has 2 heterocycles. The molecular weight excluding hydrogens is 435 g/mol. The van der Waals surface area contributed by atoms with Crippen LogP contribution in [-0.4, -0.2) is 56.4 Å². The molecule has 0 radical (unpaired) electrons. The summed E-state index contributed by atoms with van der Waals surface area (Å²) in [5.74, 6) is 0.693. The number of amides is 1. The molecule has 32 heavy (non-hydrogen) atoms. The zero-order valence-electron chi connectivity index (χ0n) is 17.9. The highest BCUT2D eigenvalue weighted by Gasteiger charge is 2.29. The Morgan fingerprint density at radius 3 is 2.84 bits per heavy atom. The predicted molar refractivity (Wildman–Crippen MR) is 121 cm³/mol. The fourth-order valence-corrected chi connectivity index (χ4v) is 4.25. The van der Waals surface area contributed by atoms with Gasteiger partial charge in [0.1, 0.15) is 19.0 Å². The maximum absolute atomic E-state index is 14.7. The normalized spacial score (nSPS) is 19.7. The summed E-state index contributed by atoms with van der Waals surface area (Å²) >= 11 is 6.35. The monoisotopic (exact) mass is 460 g/mol. The van der Waals surface area contributed by atoms with Gasteiger partial charge in [-0.2, -0.15) is 0 Å². The zero-order chi connectivity index (χ0) is 22.5. The Bertz CT molecular complexity index is 980. The molecule has 1 saturated heterocycles. The summed E-state index contributed by atoms with van der Waals surface area (Å²) in [6.45, 7) is 5.02. The van der Waals surface area contributed by atoms with E-state index in [0.29, 0.717) is 55.0 Å². The topological polar surface area (TPSA) is 60.0 Å². The van der Waals surface area contributed by atoms with Crippen molar-refractivity contribution in [2.75, 3.05) is 39.5 Å². The van der Waals surface area contributed by atoms with Crippen LogP contribution >= 0.6 is 11.6 Å². The second kappa shape index (κ2) is 10.3. The minimum atomic E-state index is -0.401. The third-order valence-electron chi connectivity index (χ3n) is 5.51. The van der Waals surface area contributed by atoms with Crippen LogP contribution < -0.4 is 14.8 Å². The number of benzene rings is 2. The third kappa shape index (κ3) is 5.41. The first kappa shape index (κ1) is 22.6. The molecule has 0 aromatic heterocycles. The van der Waals surface area contributed by atoms with Gasteiger partial charge in [-0.25, -0.2) is 4.39 Å². The summed E-state index contributed by atoms with van der Waals surface area (Å²) in [4.78, 5) is 14.6. The van der Waals surface area contributed by atoms with Gasteiger partial charge in [0.05, 0.1) is 18.8 Å². The molecule has 1 fully saturated rings. The number of ether oxygens (including phenoxy) is 3. The molecule has 2 aromatic carbocycles. The molecule has 2 aliphatic rings. The van der Waals surface area contributed by atoms with Crippen molar-refractivity contribution in [3.8, 4) is 11.5 Å². The van der Waals surface area contributed by atoms with Crippen LogP contribution in [0.4, 0.5) is 4.39 Å². The van der Waals surface area contributed by atoms with Crippen LogP contribution in [0.3, 0.4) is 0 Å². The second-order valence-electron chi connectivity index (χ2n) is 7.81. The van der Waals surface area contributed by atoms with Gasteiger partial charge in [0.2, 0.25) is 5.91 Å². The number of nitrogens with one attached hydrogen (secondary N) is 1. The van der Waals surface area contributed by atoms with E-state index in [4.69, 9.17) is 25.8 Å². The van der Waals surface area contributed by atoms with E-state index in [0.717, 1.165) is 5.56 Å². The molecule has 2 aliphatic heterocycles. The molecule has 0 saturated carbocycles. The molecule has 1 amide bonds. The number of morpholine rings is 1. The van der Waals surface area contributed by atoms with Crippen molar-refractivity contribution >= 4 is 23.6 Å². The van der Waals surface area contributed by atoms with Crippen LogP contribution in [-0.2, 0) is 9.53 Å². The molecule has 1 N–H and O–H groups in total. The number of fused-ring (bicyclic) bond motifs is 1. The summed E-state index contributed by atoms with van der Waals surface area (Å²) in [6, 6.07) is 9.74. The van der Waals surface area contributed by atoms with Gasteiger partial charge in [-0.1, -0.05) is 23.7 Å². The third-order valence-corrected chi connectivity index (χ3v) is 5.84. The Hall–Kier alpha value is -2.61. The van der Waals surface area contributed by atoms with E-state index in [9.17, 15) is 9.18 Å². The lowest BCUT2D eigenvalue weighted by Crippen LogP contribution is -2.46. The first-order valence-corrected chi connectivity index (χ1v) is 11.0. The van der Waals surface area contributed by atoms with Crippen LogP contribution in [0.15, 0.2) is 42.5 Å². The summed E-state index contributed by atoms with van der Waals surface area (Å²) in [7, 11) is 0. The van der Waals surface area contributed by atoms with E-state index in [1.807, 2.05) is 25.1 Å². The van der Waals surface area contributed by atoms with Crippen molar-refractivity contribution in [2.24, 2.45) is 0 Å².